The molecule has 0 saturated carbocycles. The highest BCUT2D eigenvalue weighted by molar-refractivity contribution is 5.76. The van der Waals surface area contributed by atoms with E-state index in [1.807, 2.05) is 19.1 Å². The minimum atomic E-state index is -0.851. The molecule has 17 heavy (non-hydrogen) atoms. The second-order valence-corrected chi connectivity index (χ2v) is 4.80. The van der Waals surface area contributed by atoms with Gasteiger partial charge in [-0.15, -0.1) is 0 Å². The number of aliphatic hydroxyl groups is 1. The summed E-state index contributed by atoms with van der Waals surface area (Å²) in [6.45, 7) is 6.29. The molecule has 4 nitrogen and oxygen atoms in total. The van der Waals surface area contributed by atoms with Crippen molar-refractivity contribution in [1.82, 2.24) is 4.90 Å². The third-order valence-corrected chi connectivity index (χ3v) is 2.48. The van der Waals surface area contributed by atoms with E-state index in [0.717, 1.165) is 5.76 Å². The van der Waals surface area contributed by atoms with Gasteiger partial charge in [0.05, 0.1) is 11.9 Å². The standard InChI is InChI=1S/C13H21NO3/c1-4-14(10-13(2,3)16)12(15)8-7-11-6-5-9-17-11/h5-6,9,16H,4,7-8,10H2,1-3H3. The van der Waals surface area contributed by atoms with Gasteiger partial charge >= 0.3 is 0 Å². The van der Waals surface area contributed by atoms with Gasteiger partial charge in [0.15, 0.2) is 0 Å². The predicted molar refractivity (Wildman–Crippen MR) is 65.6 cm³/mol. The van der Waals surface area contributed by atoms with Crippen LogP contribution >= 0.6 is 0 Å². The quantitative estimate of drug-likeness (QED) is 0.824. The van der Waals surface area contributed by atoms with E-state index in [4.69, 9.17) is 4.42 Å². The van der Waals surface area contributed by atoms with Crippen LogP contribution in [0.2, 0.25) is 0 Å². The lowest BCUT2D eigenvalue weighted by molar-refractivity contribution is -0.133. The number of carbonyl (C=O) groups is 1. The highest BCUT2D eigenvalue weighted by Crippen LogP contribution is 2.09. The summed E-state index contributed by atoms with van der Waals surface area (Å²) in [5, 5.41) is 9.71. The molecule has 96 valence electrons. The first kappa shape index (κ1) is 13.8. The predicted octanol–water partition coefficient (Wildman–Crippen LogP) is 1.83. The number of aryl methyl sites for hydroxylation is 1. The number of rotatable bonds is 6. The first-order valence-corrected chi connectivity index (χ1v) is 5.95. The first-order chi connectivity index (χ1) is 7.92. The van der Waals surface area contributed by atoms with Gasteiger partial charge in [-0.3, -0.25) is 4.79 Å². The zero-order valence-corrected chi connectivity index (χ0v) is 10.8. The molecule has 1 N–H and O–H groups in total. The number of amides is 1. The van der Waals surface area contributed by atoms with Crippen molar-refractivity contribution < 1.29 is 14.3 Å². The van der Waals surface area contributed by atoms with E-state index >= 15 is 0 Å². The molecule has 1 aromatic heterocycles. The second kappa shape index (κ2) is 5.87. The third kappa shape index (κ3) is 5.04. The molecule has 0 aromatic carbocycles. The fraction of sp³-hybridized carbons (Fsp3) is 0.615. The maximum absolute atomic E-state index is 11.9. The van der Waals surface area contributed by atoms with Crippen molar-refractivity contribution in [2.45, 2.75) is 39.2 Å². The molecule has 0 aliphatic heterocycles. The van der Waals surface area contributed by atoms with Gasteiger partial charge in [-0.2, -0.15) is 0 Å². The Morgan fingerprint density at radius 1 is 1.53 bits per heavy atom. The van der Waals surface area contributed by atoms with Gasteiger partial charge in [0, 0.05) is 25.9 Å². The van der Waals surface area contributed by atoms with Gasteiger partial charge < -0.3 is 14.4 Å². The molecule has 1 aromatic rings. The highest BCUT2D eigenvalue weighted by Gasteiger charge is 2.21. The Balaban J connectivity index is 2.44. The van der Waals surface area contributed by atoms with Crippen LogP contribution in [0.25, 0.3) is 0 Å². The van der Waals surface area contributed by atoms with Gasteiger partial charge in [0.2, 0.25) is 5.91 Å². The number of hydrogen-bond acceptors (Lipinski definition) is 3. The van der Waals surface area contributed by atoms with E-state index in [1.165, 1.54) is 0 Å². The molecule has 0 atom stereocenters. The van der Waals surface area contributed by atoms with E-state index in [1.54, 1.807) is 25.0 Å². The van der Waals surface area contributed by atoms with E-state index in [-0.39, 0.29) is 5.91 Å². The Kier molecular flexibility index (Phi) is 4.75. The largest absolute Gasteiger partial charge is 0.469 e. The lowest BCUT2D eigenvalue weighted by atomic mass is 10.1. The molecule has 0 spiro atoms. The van der Waals surface area contributed by atoms with Crippen molar-refractivity contribution in [3.63, 3.8) is 0 Å². The van der Waals surface area contributed by atoms with Gasteiger partial charge in [-0.1, -0.05) is 0 Å². The maximum atomic E-state index is 11.9. The van der Waals surface area contributed by atoms with Crippen molar-refractivity contribution in [3.8, 4) is 0 Å². The summed E-state index contributed by atoms with van der Waals surface area (Å²) in [6, 6.07) is 3.67. The summed E-state index contributed by atoms with van der Waals surface area (Å²) in [5.74, 6) is 0.865. The van der Waals surface area contributed by atoms with Crippen molar-refractivity contribution in [3.05, 3.63) is 24.2 Å². The lowest BCUT2D eigenvalue weighted by Gasteiger charge is -2.28. The molecule has 0 bridgehead atoms. The first-order valence-electron chi connectivity index (χ1n) is 5.95. The van der Waals surface area contributed by atoms with Crippen LogP contribution in [0.3, 0.4) is 0 Å². The number of nitrogens with zero attached hydrogens (tertiary/aromatic N) is 1. The monoisotopic (exact) mass is 239 g/mol. The van der Waals surface area contributed by atoms with Gasteiger partial charge in [0.1, 0.15) is 5.76 Å². The molecule has 1 heterocycles. The Morgan fingerprint density at radius 2 is 2.24 bits per heavy atom. The van der Waals surface area contributed by atoms with Crippen LogP contribution < -0.4 is 0 Å². The maximum Gasteiger partial charge on any atom is 0.223 e. The number of hydrogen-bond donors (Lipinski definition) is 1. The van der Waals surface area contributed by atoms with Gasteiger partial charge in [0.25, 0.3) is 0 Å². The van der Waals surface area contributed by atoms with Crippen LogP contribution in [0.5, 0.6) is 0 Å². The normalized spacial score (nSPS) is 11.5. The Bertz CT molecular complexity index is 338. The van der Waals surface area contributed by atoms with E-state index in [9.17, 15) is 9.90 Å². The van der Waals surface area contributed by atoms with Crippen LogP contribution in [-0.4, -0.2) is 34.6 Å². The van der Waals surface area contributed by atoms with Crippen molar-refractivity contribution >= 4 is 5.91 Å². The van der Waals surface area contributed by atoms with Gasteiger partial charge in [-0.25, -0.2) is 0 Å². The zero-order valence-electron chi connectivity index (χ0n) is 10.8. The van der Waals surface area contributed by atoms with Crippen molar-refractivity contribution in [2.75, 3.05) is 13.1 Å². The van der Waals surface area contributed by atoms with Crippen LogP contribution in [0.4, 0.5) is 0 Å². The summed E-state index contributed by atoms with van der Waals surface area (Å²) in [5.41, 5.74) is -0.851. The minimum Gasteiger partial charge on any atom is -0.469 e. The molecular weight excluding hydrogens is 218 g/mol. The molecule has 0 aliphatic rings. The van der Waals surface area contributed by atoms with Crippen molar-refractivity contribution in [1.29, 1.82) is 0 Å². The molecule has 4 heteroatoms. The second-order valence-electron chi connectivity index (χ2n) is 4.80. The van der Waals surface area contributed by atoms with E-state index in [2.05, 4.69) is 0 Å². The lowest BCUT2D eigenvalue weighted by Crippen LogP contribution is -2.42. The minimum absolute atomic E-state index is 0.0472. The van der Waals surface area contributed by atoms with Crippen LogP contribution in [0.1, 0.15) is 33.0 Å². The zero-order chi connectivity index (χ0) is 12.9. The molecule has 0 saturated heterocycles. The summed E-state index contributed by atoms with van der Waals surface area (Å²) in [7, 11) is 0. The molecule has 0 fully saturated rings. The summed E-state index contributed by atoms with van der Waals surface area (Å²) in [6.07, 6.45) is 2.62. The topological polar surface area (TPSA) is 53.7 Å². The molecule has 1 rings (SSSR count). The molecule has 0 aliphatic carbocycles. The van der Waals surface area contributed by atoms with Crippen LogP contribution in [-0.2, 0) is 11.2 Å². The summed E-state index contributed by atoms with van der Waals surface area (Å²) < 4.78 is 5.18. The van der Waals surface area contributed by atoms with Crippen LogP contribution in [0, 0.1) is 0 Å². The third-order valence-electron chi connectivity index (χ3n) is 2.48. The number of furan rings is 1. The Labute approximate surface area is 102 Å². The Morgan fingerprint density at radius 3 is 2.71 bits per heavy atom. The summed E-state index contributed by atoms with van der Waals surface area (Å²) >= 11 is 0. The van der Waals surface area contributed by atoms with Crippen LogP contribution in [0.15, 0.2) is 22.8 Å². The SMILES string of the molecule is CCN(CC(C)(C)O)C(=O)CCc1ccco1. The fourth-order valence-corrected chi connectivity index (χ4v) is 1.69. The average Bonchev–Trinajstić information content (AvgIpc) is 2.74. The molecule has 1 amide bonds. The van der Waals surface area contributed by atoms with E-state index in [0.29, 0.717) is 25.9 Å². The number of carbonyl (C=O) groups excluding carboxylic acids is 1. The van der Waals surface area contributed by atoms with Crippen molar-refractivity contribution in [2.24, 2.45) is 0 Å². The average molecular weight is 239 g/mol. The summed E-state index contributed by atoms with van der Waals surface area (Å²) in [4.78, 5) is 13.6. The highest BCUT2D eigenvalue weighted by atomic mass is 16.3. The van der Waals surface area contributed by atoms with Gasteiger partial charge in [-0.05, 0) is 32.9 Å². The Hall–Kier alpha value is -1.29. The fourth-order valence-electron chi connectivity index (χ4n) is 1.69. The molecular formula is C13H21NO3. The number of likely N-dealkylation sites (N-methyl/N-ethyl adjacent to an activating group) is 1. The van der Waals surface area contributed by atoms with E-state index < -0.39 is 5.60 Å². The smallest absolute Gasteiger partial charge is 0.223 e. The molecule has 0 radical (unpaired) electrons. The molecule has 0 unspecified atom stereocenters.